The molecule has 1 heterocycles. The lowest BCUT2D eigenvalue weighted by atomic mass is 10.0. The van der Waals surface area contributed by atoms with Crippen LogP contribution >= 0.6 is 0 Å². The van der Waals surface area contributed by atoms with Crippen LogP contribution in [0.15, 0.2) is 17.1 Å². The number of aliphatic imine (C=N–C) groups is 1. The maximum atomic E-state index is 11.5. The molecule has 1 unspecified atom stereocenters. The lowest BCUT2D eigenvalue weighted by molar-refractivity contribution is -0.112. The second-order valence-electron chi connectivity index (χ2n) is 5.96. The first-order chi connectivity index (χ1) is 11.3. The Morgan fingerprint density at radius 1 is 1.29 bits per heavy atom. The van der Waals surface area contributed by atoms with Crippen molar-refractivity contribution in [2.24, 2.45) is 10.7 Å². The second kappa shape index (κ2) is 7.27. The van der Waals surface area contributed by atoms with E-state index in [0.29, 0.717) is 11.4 Å². The summed E-state index contributed by atoms with van der Waals surface area (Å²) in [4.78, 5) is 17.2. The van der Waals surface area contributed by atoms with E-state index in [1.165, 1.54) is 4.90 Å². The van der Waals surface area contributed by atoms with Crippen molar-refractivity contribution in [3.63, 3.8) is 0 Å². The molecule has 8 nitrogen and oxygen atoms in total. The van der Waals surface area contributed by atoms with Crippen LogP contribution in [0.5, 0.6) is 0 Å². The Bertz CT molecular complexity index is 661. The van der Waals surface area contributed by atoms with Gasteiger partial charge < -0.3 is 31.1 Å². The summed E-state index contributed by atoms with van der Waals surface area (Å²) in [6, 6.07) is 3.63. The predicted octanol–water partition coefficient (Wildman–Crippen LogP) is -0.896. The molecule has 0 fully saturated rings. The number of nitrogens with two attached hydrogens (primary N) is 1. The molecular weight excluding hydrogens is 314 g/mol. The van der Waals surface area contributed by atoms with Gasteiger partial charge in [0.05, 0.1) is 24.1 Å². The summed E-state index contributed by atoms with van der Waals surface area (Å²) in [5.41, 5.74) is 8.20. The number of rotatable bonds is 6. The third-order valence-corrected chi connectivity index (χ3v) is 4.23. The molecule has 0 saturated carbocycles. The monoisotopic (exact) mass is 337 g/mol. The molecule has 1 aliphatic rings. The van der Waals surface area contributed by atoms with E-state index < -0.39 is 30.9 Å². The third kappa shape index (κ3) is 3.57. The molecule has 0 saturated heterocycles. The van der Waals surface area contributed by atoms with Crippen molar-refractivity contribution in [2.75, 3.05) is 18.1 Å². The van der Waals surface area contributed by atoms with Crippen molar-refractivity contribution >= 4 is 23.0 Å². The van der Waals surface area contributed by atoms with E-state index in [4.69, 9.17) is 10.8 Å². The Labute approximate surface area is 139 Å². The summed E-state index contributed by atoms with van der Waals surface area (Å²) in [5, 5.41) is 38.6. The molecule has 132 valence electrons. The van der Waals surface area contributed by atoms with Gasteiger partial charge in [0.15, 0.2) is 11.9 Å². The van der Waals surface area contributed by atoms with Gasteiger partial charge in [0, 0.05) is 6.54 Å². The number of benzene rings is 1. The zero-order chi connectivity index (χ0) is 18.0. The van der Waals surface area contributed by atoms with Gasteiger partial charge in [-0.1, -0.05) is 0 Å². The van der Waals surface area contributed by atoms with Gasteiger partial charge in [-0.15, -0.1) is 0 Å². The number of aliphatic hydroxyl groups excluding tert-OH is 4. The molecule has 0 radical (unpaired) electrons. The summed E-state index contributed by atoms with van der Waals surface area (Å²) >= 11 is 0. The largest absolute Gasteiger partial charge is 0.394 e. The van der Waals surface area contributed by atoms with Gasteiger partial charge in [-0.3, -0.25) is 4.79 Å². The highest BCUT2D eigenvalue weighted by Gasteiger charge is 2.32. The summed E-state index contributed by atoms with van der Waals surface area (Å²) in [5.74, 6) is -0.827. The molecular formula is C16H23N3O5. The fourth-order valence-corrected chi connectivity index (χ4v) is 2.58. The summed E-state index contributed by atoms with van der Waals surface area (Å²) in [7, 11) is 0. The van der Waals surface area contributed by atoms with Crippen molar-refractivity contribution in [1.29, 1.82) is 0 Å². The Hall–Kier alpha value is -2.00. The van der Waals surface area contributed by atoms with Crippen molar-refractivity contribution < 1.29 is 25.2 Å². The molecule has 1 aliphatic heterocycles. The molecule has 0 aromatic heterocycles. The maximum Gasteiger partial charge on any atom is 0.267 e. The number of primary amides is 1. The third-order valence-electron chi connectivity index (χ3n) is 4.23. The summed E-state index contributed by atoms with van der Waals surface area (Å²) in [6.07, 6.45) is -3.68. The first kappa shape index (κ1) is 18.3. The highest BCUT2D eigenvalue weighted by atomic mass is 16.4. The van der Waals surface area contributed by atoms with E-state index in [-0.39, 0.29) is 18.7 Å². The average molecular weight is 337 g/mol. The molecule has 0 bridgehead atoms. The topological polar surface area (TPSA) is 140 Å². The number of nitrogens with zero attached hydrogens (tertiary/aromatic N) is 2. The van der Waals surface area contributed by atoms with Crippen LogP contribution in [0.2, 0.25) is 0 Å². The van der Waals surface area contributed by atoms with E-state index in [0.717, 1.165) is 11.1 Å². The minimum absolute atomic E-state index is 0.0805. The standard InChI is InChI=1S/C16H23N3O5/c1-8-5-10-11(6-9(8)2)19(4-3-12(21)13(22)7-20)16(24)14(18-10)15(17)23/h5-6,12-13,16,20-22,24H,3-4,7H2,1-2H3,(H2,17,23)/t12-,13+,16?/m0/s1. The first-order valence-corrected chi connectivity index (χ1v) is 7.67. The van der Waals surface area contributed by atoms with E-state index >= 15 is 0 Å². The smallest absolute Gasteiger partial charge is 0.267 e. The number of anilines is 1. The predicted molar refractivity (Wildman–Crippen MR) is 89.3 cm³/mol. The van der Waals surface area contributed by atoms with Gasteiger partial charge in [0.1, 0.15) is 6.10 Å². The molecule has 2 rings (SSSR count). The molecule has 1 aromatic rings. The second-order valence-corrected chi connectivity index (χ2v) is 5.96. The average Bonchev–Trinajstić information content (AvgIpc) is 2.54. The Morgan fingerprint density at radius 2 is 1.92 bits per heavy atom. The molecule has 1 aromatic carbocycles. The van der Waals surface area contributed by atoms with E-state index in [9.17, 15) is 20.1 Å². The Morgan fingerprint density at radius 3 is 2.50 bits per heavy atom. The van der Waals surface area contributed by atoms with E-state index in [2.05, 4.69) is 4.99 Å². The van der Waals surface area contributed by atoms with Gasteiger partial charge in [-0.2, -0.15) is 0 Å². The highest BCUT2D eigenvalue weighted by Crippen LogP contribution is 2.36. The minimum atomic E-state index is -1.34. The molecule has 0 spiro atoms. The van der Waals surface area contributed by atoms with E-state index in [1.807, 2.05) is 19.9 Å². The molecule has 1 amide bonds. The molecule has 8 heteroatoms. The van der Waals surface area contributed by atoms with Crippen LogP contribution in [0.1, 0.15) is 17.5 Å². The van der Waals surface area contributed by atoms with Gasteiger partial charge in [0.2, 0.25) is 0 Å². The quantitative estimate of drug-likeness (QED) is 0.456. The van der Waals surface area contributed by atoms with Gasteiger partial charge in [0.25, 0.3) is 5.91 Å². The fourth-order valence-electron chi connectivity index (χ4n) is 2.58. The molecule has 3 atom stereocenters. The van der Waals surface area contributed by atoms with Crippen LogP contribution in [-0.4, -0.2) is 63.6 Å². The fraction of sp³-hybridized carbons (Fsp3) is 0.500. The molecule has 24 heavy (non-hydrogen) atoms. The summed E-state index contributed by atoms with van der Waals surface area (Å²) in [6.45, 7) is 3.40. The van der Waals surface area contributed by atoms with Crippen LogP contribution in [0.4, 0.5) is 11.4 Å². The van der Waals surface area contributed by atoms with E-state index in [1.54, 1.807) is 6.07 Å². The van der Waals surface area contributed by atoms with Crippen molar-refractivity contribution in [3.05, 3.63) is 23.3 Å². The van der Waals surface area contributed by atoms with Crippen LogP contribution < -0.4 is 10.6 Å². The SMILES string of the molecule is Cc1cc2c(cc1C)N(CC[C@H](O)[C@H](O)CO)C(O)C(C(N)=O)=N2. The first-order valence-electron chi connectivity index (χ1n) is 7.67. The number of amides is 1. The Kier molecular flexibility index (Phi) is 5.55. The van der Waals surface area contributed by atoms with Gasteiger partial charge in [-0.05, 0) is 43.5 Å². The zero-order valence-electron chi connectivity index (χ0n) is 13.7. The number of carbonyl (C=O) groups excluding carboxylic acids is 1. The normalized spacial score (nSPS) is 19.5. The number of carbonyl (C=O) groups is 1. The van der Waals surface area contributed by atoms with Crippen LogP contribution in [0.3, 0.4) is 0 Å². The van der Waals surface area contributed by atoms with Crippen molar-refractivity contribution in [2.45, 2.75) is 38.7 Å². The number of hydrogen-bond donors (Lipinski definition) is 5. The highest BCUT2D eigenvalue weighted by molar-refractivity contribution is 6.41. The summed E-state index contributed by atoms with van der Waals surface area (Å²) < 4.78 is 0. The lowest BCUT2D eigenvalue weighted by Crippen LogP contribution is -2.49. The number of fused-ring (bicyclic) bond motifs is 1. The van der Waals surface area contributed by atoms with Crippen LogP contribution in [0, 0.1) is 13.8 Å². The molecule has 0 aliphatic carbocycles. The lowest BCUT2D eigenvalue weighted by Gasteiger charge is -2.35. The van der Waals surface area contributed by atoms with Crippen LogP contribution in [0.25, 0.3) is 0 Å². The van der Waals surface area contributed by atoms with Crippen molar-refractivity contribution in [3.8, 4) is 0 Å². The molecule has 6 N–H and O–H groups in total. The van der Waals surface area contributed by atoms with Gasteiger partial charge in [-0.25, -0.2) is 4.99 Å². The zero-order valence-corrected chi connectivity index (χ0v) is 13.7. The number of aliphatic hydroxyl groups is 4. The number of aryl methyl sites for hydroxylation is 2. The maximum absolute atomic E-state index is 11.5. The number of hydrogen-bond acceptors (Lipinski definition) is 7. The van der Waals surface area contributed by atoms with Crippen LogP contribution in [-0.2, 0) is 4.79 Å². The Balaban J connectivity index is 2.35. The van der Waals surface area contributed by atoms with Crippen molar-refractivity contribution in [1.82, 2.24) is 0 Å². The van der Waals surface area contributed by atoms with Gasteiger partial charge >= 0.3 is 0 Å². The minimum Gasteiger partial charge on any atom is -0.394 e.